The van der Waals surface area contributed by atoms with Gasteiger partial charge in [0.2, 0.25) is 0 Å². The Bertz CT molecular complexity index is 530. The molecule has 0 fully saturated rings. The number of aromatic nitrogens is 2. The monoisotopic (exact) mass is 248 g/mol. The van der Waals surface area contributed by atoms with E-state index in [0.717, 1.165) is 5.76 Å². The van der Waals surface area contributed by atoms with Gasteiger partial charge in [0.1, 0.15) is 17.1 Å². The molecule has 0 aliphatic carbocycles. The summed E-state index contributed by atoms with van der Waals surface area (Å²) in [4.78, 5) is 11.9. The highest BCUT2D eigenvalue weighted by Crippen LogP contribution is 2.10. The minimum absolute atomic E-state index is 0.0387. The fourth-order valence-electron chi connectivity index (χ4n) is 1.71. The molecular formula is C12H16N4O2. The zero-order valence-corrected chi connectivity index (χ0v) is 10.4. The van der Waals surface area contributed by atoms with Gasteiger partial charge in [0.05, 0.1) is 12.5 Å². The van der Waals surface area contributed by atoms with Gasteiger partial charge in [0.25, 0.3) is 5.91 Å². The molecule has 1 amide bonds. The second-order valence-corrected chi connectivity index (χ2v) is 4.23. The average molecular weight is 248 g/mol. The quantitative estimate of drug-likeness (QED) is 0.843. The Kier molecular flexibility index (Phi) is 3.36. The van der Waals surface area contributed by atoms with Gasteiger partial charge in [-0.2, -0.15) is 5.10 Å². The van der Waals surface area contributed by atoms with Gasteiger partial charge in [-0.05, 0) is 19.1 Å². The van der Waals surface area contributed by atoms with Crippen LogP contribution in [0, 0.1) is 0 Å². The van der Waals surface area contributed by atoms with E-state index in [0.29, 0.717) is 17.8 Å². The number of hydrogen-bond donors (Lipinski definition) is 2. The zero-order chi connectivity index (χ0) is 13.1. The van der Waals surface area contributed by atoms with Crippen LogP contribution in [0.15, 0.2) is 29.0 Å². The lowest BCUT2D eigenvalue weighted by atomic mass is 10.2. The first-order valence-corrected chi connectivity index (χ1v) is 5.68. The van der Waals surface area contributed by atoms with Crippen molar-refractivity contribution in [1.29, 1.82) is 0 Å². The summed E-state index contributed by atoms with van der Waals surface area (Å²) < 4.78 is 6.69. The molecule has 0 saturated carbocycles. The Morgan fingerprint density at radius 3 is 3.00 bits per heavy atom. The lowest BCUT2D eigenvalue weighted by Gasteiger charge is -2.12. The Morgan fingerprint density at radius 1 is 1.67 bits per heavy atom. The first-order chi connectivity index (χ1) is 8.58. The summed E-state index contributed by atoms with van der Waals surface area (Å²) in [5.41, 5.74) is 6.13. The molecule has 2 heterocycles. The fraction of sp³-hybridized carbons (Fsp3) is 0.333. The van der Waals surface area contributed by atoms with Crippen LogP contribution in [0.4, 0.5) is 5.82 Å². The second-order valence-electron chi connectivity index (χ2n) is 4.23. The normalized spacial score (nSPS) is 12.3. The highest BCUT2D eigenvalue weighted by molar-refractivity contribution is 5.98. The number of aryl methyl sites for hydroxylation is 1. The number of nitrogens with zero attached hydrogens (tertiary/aromatic N) is 2. The largest absolute Gasteiger partial charge is 0.469 e. The summed E-state index contributed by atoms with van der Waals surface area (Å²) in [6, 6.07) is 3.66. The standard InChI is InChI=1S/C12H16N4O2/c1-8(6-9-4-3-5-18-9)15-12(17)10-7-14-16(2)11(10)13/h3-5,7-8H,6,13H2,1-2H3,(H,15,17). The van der Waals surface area contributed by atoms with Crippen LogP contribution in [-0.2, 0) is 13.5 Å². The second kappa shape index (κ2) is 4.95. The molecule has 1 atom stereocenters. The predicted octanol–water partition coefficient (Wildman–Crippen LogP) is 0.956. The van der Waals surface area contributed by atoms with Crippen molar-refractivity contribution in [3.05, 3.63) is 35.9 Å². The number of nitrogens with two attached hydrogens (primary N) is 1. The van der Waals surface area contributed by atoms with E-state index in [2.05, 4.69) is 10.4 Å². The molecular weight excluding hydrogens is 232 g/mol. The predicted molar refractivity (Wildman–Crippen MR) is 67.0 cm³/mol. The molecule has 0 aliphatic heterocycles. The van der Waals surface area contributed by atoms with Crippen molar-refractivity contribution in [3.63, 3.8) is 0 Å². The summed E-state index contributed by atoms with van der Waals surface area (Å²) in [7, 11) is 1.69. The van der Waals surface area contributed by atoms with E-state index in [4.69, 9.17) is 10.2 Å². The lowest BCUT2D eigenvalue weighted by Crippen LogP contribution is -2.34. The maximum absolute atomic E-state index is 11.9. The summed E-state index contributed by atoms with van der Waals surface area (Å²) in [5, 5.41) is 6.79. The lowest BCUT2D eigenvalue weighted by molar-refractivity contribution is 0.0940. The highest BCUT2D eigenvalue weighted by atomic mass is 16.3. The SMILES string of the molecule is CC(Cc1ccco1)NC(=O)c1cnn(C)c1N. The Morgan fingerprint density at radius 2 is 2.44 bits per heavy atom. The third-order valence-electron chi connectivity index (χ3n) is 2.69. The van der Waals surface area contributed by atoms with Crippen LogP contribution in [0.5, 0.6) is 0 Å². The molecule has 6 nitrogen and oxygen atoms in total. The molecule has 0 radical (unpaired) electrons. The van der Waals surface area contributed by atoms with Gasteiger partial charge in [-0.25, -0.2) is 0 Å². The molecule has 0 aliphatic rings. The number of furan rings is 1. The molecule has 0 aromatic carbocycles. The van der Waals surface area contributed by atoms with Gasteiger partial charge >= 0.3 is 0 Å². The van der Waals surface area contributed by atoms with Gasteiger partial charge in [0, 0.05) is 19.5 Å². The summed E-state index contributed by atoms with van der Waals surface area (Å²) in [6.45, 7) is 1.91. The number of nitrogen functional groups attached to an aromatic ring is 1. The number of carbonyl (C=O) groups is 1. The van der Waals surface area contributed by atoms with Crippen LogP contribution >= 0.6 is 0 Å². The number of carbonyl (C=O) groups excluding carboxylic acids is 1. The van der Waals surface area contributed by atoms with Crippen LogP contribution in [0.3, 0.4) is 0 Å². The molecule has 6 heteroatoms. The Hall–Kier alpha value is -2.24. The van der Waals surface area contributed by atoms with Crippen LogP contribution in [-0.4, -0.2) is 21.7 Å². The molecule has 2 aromatic heterocycles. The van der Waals surface area contributed by atoms with Gasteiger partial charge < -0.3 is 15.5 Å². The van der Waals surface area contributed by atoms with E-state index in [1.54, 1.807) is 13.3 Å². The van der Waals surface area contributed by atoms with Crippen molar-refractivity contribution < 1.29 is 9.21 Å². The fourth-order valence-corrected chi connectivity index (χ4v) is 1.71. The van der Waals surface area contributed by atoms with Gasteiger partial charge in [0.15, 0.2) is 0 Å². The van der Waals surface area contributed by atoms with Gasteiger partial charge in [-0.1, -0.05) is 0 Å². The summed E-state index contributed by atoms with van der Waals surface area (Å²) in [6.07, 6.45) is 3.71. The van der Waals surface area contributed by atoms with E-state index in [1.165, 1.54) is 10.9 Å². The van der Waals surface area contributed by atoms with Crippen molar-refractivity contribution in [2.45, 2.75) is 19.4 Å². The molecule has 1 unspecified atom stereocenters. The third kappa shape index (κ3) is 2.53. The van der Waals surface area contributed by atoms with Crippen molar-refractivity contribution in [1.82, 2.24) is 15.1 Å². The molecule has 0 saturated heterocycles. The Labute approximate surface area is 105 Å². The minimum atomic E-state index is -0.223. The molecule has 0 bridgehead atoms. The maximum atomic E-state index is 11.9. The molecule has 96 valence electrons. The van der Waals surface area contributed by atoms with E-state index >= 15 is 0 Å². The third-order valence-corrected chi connectivity index (χ3v) is 2.69. The number of rotatable bonds is 4. The topological polar surface area (TPSA) is 86.1 Å². The van der Waals surface area contributed by atoms with Crippen molar-refractivity contribution in [2.75, 3.05) is 5.73 Å². The number of nitrogens with one attached hydrogen (secondary N) is 1. The molecule has 3 N–H and O–H groups in total. The van der Waals surface area contributed by atoms with Gasteiger partial charge in [-0.3, -0.25) is 9.48 Å². The van der Waals surface area contributed by atoms with Crippen LogP contribution in [0.1, 0.15) is 23.0 Å². The maximum Gasteiger partial charge on any atom is 0.256 e. The van der Waals surface area contributed by atoms with E-state index < -0.39 is 0 Å². The van der Waals surface area contributed by atoms with E-state index in [9.17, 15) is 4.79 Å². The molecule has 18 heavy (non-hydrogen) atoms. The summed E-state index contributed by atoms with van der Waals surface area (Å²) in [5.74, 6) is 0.972. The number of amides is 1. The van der Waals surface area contributed by atoms with Gasteiger partial charge in [-0.15, -0.1) is 0 Å². The van der Waals surface area contributed by atoms with E-state index in [1.807, 2.05) is 19.1 Å². The van der Waals surface area contributed by atoms with Crippen LogP contribution in [0.2, 0.25) is 0 Å². The highest BCUT2D eigenvalue weighted by Gasteiger charge is 2.16. The van der Waals surface area contributed by atoms with Crippen molar-refractivity contribution >= 4 is 11.7 Å². The summed E-state index contributed by atoms with van der Waals surface area (Å²) >= 11 is 0. The van der Waals surface area contributed by atoms with Crippen LogP contribution < -0.4 is 11.1 Å². The first-order valence-electron chi connectivity index (χ1n) is 5.68. The molecule has 2 aromatic rings. The van der Waals surface area contributed by atoms with E-state index in [-0.39, 0.29) is 11.9 Å². The smallest absolute Gasteiger partial charge is 0.256 e. The zero-order valence-electron chi connectivity index (χ0n) is 10.4. The van der Waals surface area contributed by atoms with Crippen LogP contribution in [0.25, 0.3) is 0 Å². The first kappa shape index (κ1) is 12.2. The van der Waals surface area contributed by atoms with Crippen molar-refractivity contribution in [2.24, 2.45) is 7.05 Å². The van der Waals surface area contributed by atoms with Crippen molar-refractivity contribution in [3.8, 4) is 0 Å². The average Bonchev–Trinajstić information content (AvgIpc) is 2.91. The number of hydrogen-bond acceptors (Lipinski definition) is 4. The number of anilines is 1. The molecule has 2 rings (SSSR count). The minimum Gasteiger partial charge on any atom is -0.469 e. The molecule has 0 spiro atoms. The Balaban J connectivity index is 1.97.